The number of hydrogen-bond donors (Lipinski definition) is 2. The lowest BCUT2D eigenvalue weighted by Crippen LogP contribution is -2.11. The maximum atomic E-state index is 5.23. The highest BCUT2D eigenvalue weighted by Gasteiger charge is 2.09. The fourth-order valence-electron chi connectivity index (χ4n) is 2.96. The van der Waals surface area contributed by atoms with Gasteiger partial charge in [0.1, 0.15) is 17.9 Å². The molecule has 0 atom stereocenters. The monoisotopic (exact) mass is 389 g/mol. The van der Waals surface area contributed by atoms with Crippen LogP contribution in [0.4, 0.5) is 11.5 Å². The van der Waals surface area contributed by atoms with Gasteiger partial charge in [-0.25, -0.2) is 4.98 Å². The molecule has 4 rings (SSSR count). The Morgan fingerprint density at radius 1 is 1.03 bits per heavy atom. The SMILES string of the molecule is COc1ccc(-c2cc(NCCCNc3ccc(C)cn3)c3nncn3n2)cc1. The molecular formula is C21H23N7O. The Bertz CT molecular complexity index is 1070. The van der Waals surface area contributed by atoms with E-state index in [1.807, 2.05) is 55.6 Å². The van der Waals surface area contributed by atoms with Gasteiger partial charge in [0, 0.05) is 24.8 Å². The summed E-state index contributed by atoms with van der Waals surface area (Å²) in [6.45, 7) is 3.64. The number of anilines is 2. The molecule has 4 aromatic rings. The van der Waals surface area contributed by atoms with Crippen LogP contribution in [0.3, 0.4) is 0 Å². The smallest absolute Gasteiger partial charge is 0.200 e. The number of nitrogens with zero attached hydrogens (tertiary/aromatic N) is 5. The number of aryl methyl sites for hydroxylation is 1. The zero-order valence-corrected chi connectivity index (χ0v) is 16.5. The Morgan fingerprint density at radius 2 is 1.86 bits per heavy atom. The van der Waals surface area contributed by atoms with Crippen LogP contribution in [0, 0.1) is 6.92 Å². The molecule has 29 heavy (non-hydrogen) atoms. The summed E-state index contributed by atoms with van der Waals surface area (Å²) >= 11 is 0. The molecule has 0 saturated heterocycles. The average Bonchev–Trinajstić information content (AvgIpc) is 3.24. The summed E-state index contributed by atoms with van der Waals surface area (Å²) in [5.41, 5.74) is 4.59. The van der Waals surface area contributed by atoms with Crippen LogP contribution in [0.15, 0.2) is 55.0 Å². The Balaban J connectivity index is 1.42. The number of aromatic nitrogens is 5. The normalized spacial score (nSPS) is 10.8. The number of methoxy groups -OCH3 is 1. The van der Waals surface area contributed by atoms with Crippen molar-refractivity contribution < 1.29 is 4.74 Å². The summed E-state index contributed by atoms with van der Waals surface area (Å²) in [6, 6.07) is 13.9. The van der Waals surface area contributed by atoms with E-state index in [1.54, 1.807) is 18.0 Å². The molecule has 2 N–H and O–H groups in total. The van der Waals surface area contributed by atoms with E-state index in [2.05, 4.69) is 30.9 Å². The minimum Gasteiger partial charge on any atom is -0.497 e. The standard InChI is InChI=1S/C21H23N7O/c1-15-4-9-20(24-13-15)23-11-3-10-22-19-12-18(27-28-14-25-26-21(19)28)16-5-7-17(29-2)8-6-16/h4-9,12-14,22H,3,10-11H2,1-2H3,(H,23,24). The predicted octanol–water partition coefficient (Wildman–Crippen LogP) is 3.42. The highest BCUT2D eigenvalue weighted by Crippen LogP contribution is 2.24. The van der Waals surface area contributed by atoms with E-state index in [9.17, 15) is 0 Å². The maximum absolute atomic E-state index is 5.23. The van der Waals surface area contributed by atoms with Gasteiger partial charge in [-0.3, -0.25) is 0 Å². The minimum atomic E-state index is 0.704. The molecule has 0 saturated carbocycles. The first kappa shape index (κ1) is 18.7. The molecule has 148 valence electrons. The van der Waals surface area contributed by atoms with Crippen LogP contribution >= 0.6 is 0 Å². The summed E-state index contributed by atoms with van der Waals surface area (Å²) in [7, 11) is 1.66. The van der Waals surface area contributed by atoms with Crippen molar-refractivity contribution in [1.82, 2.24) is 24.8 Å². The predicted molar refractivity (Wildman–Crippen MR) is 113 cm³/mol. The van der Waals surface area contributed by atoms with Crippen molar-refractivity contribution in [3.8, 4) is 17.0 Å². The highest BCUT2D eigenvalue weighted by molar-refractivity contribution is 5.73. The number of hydrogen-bond acceptors (Lipinski definition) is 7. The summed E-state index contributed by atoms with van der Waals surface area (Å²) in [5.74, 6) is 1.70. The number of ether oxygens (including phenoxy) is 1. The van der Waals surface area contributed by atoms with Crippen molar-refractivity contribution >= 4 is 17.2 Å². The minimum absolute atomic E-state index is 0.704. The fraction of sp³-hybridized carbons (Fsp3) is 0.238. The molecule has 8 nitrogen and oxygen atoms in total. The molecule has 3 aromatic heterocycles. The van der Waals surface area contributed by atoms with Crippen LogP contribution in [0.25, 0.3) is 16.9 Å². The van der Waals surface area contributed by atoms with Crippen molar-refractivity contribution in [3.63, 3.8) is 0 Å². The number of benzene rings is 1. The van der Waals surface area contributed by atoms with Gasteiger partial charge in [-0.2, -0.15) is 9.61 Å². The third-order valence-corrected chi connectivity index (χ3v) is 4.54. The molecule has 1 aromatic carbocycles. The molecule has 0 radical (unpaired) electrons. The van der Waals surface area contributed by atoms with E-state index >= 15 is 0 Å². The van der Waals surface area contributed by atoms with Crippen molar-refractivity contribution in [3.05, 3.63) is 60.6 Å². The Kier molecular flexibility index (Phi) is 5.51. The largest absolute Gasteiger partial charge is 0.497 e. The van der Waals surface area contributed by atoms with Gasteiger partial charge < -0.3 is 15.4 Å². The molecule has 0 aliphatic carbocycles. The first-order valence-electron chi connectivity index (χ1n) is 9.49. The molecule has 0 amide bonds. The second kappa shape index (κ2) is 8.55. The molecule has 0 unspecified atom stereocenters. The lowest BCUT2D eigenvalue weighted by atomic mass is 10.1. The number of fused-ring (bicyclic) bond motifs is 1. The van der Waals surface area contributed by atoms with Crippen molar-refractivity contribution in [1.29, 1.82) is 0 Å². The van der Waals surface area contributed by atoms with Crippen LogP contribution in [0.1, 0.15) is 12.0 Å². The van der Waals surface area contributed by atoms with Gasteiger partial charge in [0.2, 0.25) is 5.65 Å². The van der Waals surface area contributed by atoms with E-state index in [0.717, 1.165) is 53.6 Å². The van der Waals surface area contributed by atoms with E-state index in [4.69, 9.17) is 4.74 Å². The van der Waals surface area contributed by atoms with Crippen LogP contribution in [0.5, 0.6) is 5.75 Å². The quantitative estimate of drug-likeness (QED) is 0.446. The van der Waals surface area contributed by atoms with Gasteiger partial charge >= 0.3 is 0 Å². The zero-order valence-electron chi connectivity index (χ0n) is 16.5. The topological polar surface area (TPSA) is 89.3 Å². The molecule has 0 fully saturated rings. The summed E-state index contributed by atoms with van der Waals surface area (Å²) in [5, 5.41) is 19.5. The second-order valence-corrected chi connectivity index (χ2v) is 6.70. The lowest BCUT2D eigenvalue weighted by molar-refractivity contribution is 0.415. The fourth-order valence-corrected chi connectivity index (χ4v) is 2.96. The third kappa shape index (κ3) is 4.43. The lowest BCUT2D eigenvalue weighted by Gasteiger charge is -2.10. The summed E-state index contributed by atoms with van der Waals surface area (Å²) in [6.07, 6.45) is 4.40. The van der Waals surface area contributed by atoms with Gasteiger partial charge in [-0.1, -0.05) is 6.07 Å². The maximum Gasteiger partial charge on any atom is 0.200 e. The van der Waals surface area contributed by atoms with Gasteiger partial charge in [0.05, 0.1) is 18.5 Å². The average molecular weight is 389 g/mol. The third-order valence-electron chi connectivity index (χ3n) is 4.54. The molecule has 8 heteroatoms. The Hall–Kier alpha value is -3.68. The van der Waals surface area contributed by atoms with E-state index in [1.165, 1.54) is 0 Å². The Labute approximate surface area is 169 Å². The second-order valence-electron chi connectivity index (χ2n) is 6.70. The first-order chi connectivity index (χ1) is 14.2. The summed E-state index contributed by atoms with van der Waals surface area (Å²) < 4.78 is 6.92. The molecule has 0 aliphatic rings. The number of pyridine rings is 1. The first-order valence-corrected chi connectivity index (χ1v) is 9.49. The molecule has 3 heterocycles. The zero-order chi connectivity index (χ0) is 20.1. The van der Waals surface area contributed by atoms with Gasteiger partial charge in [-0.15, -0.1) is 10.2 Å². The van der Waals surface area contributed by atoms with Crippen molar-refractivity contribution in [2.75, 3.05) is 30.8 Å². The molecule has 0 aliphatic heterocycles. The van der Waals surface area contributed by atoms with Crippen LogP contribution < -0.4 is 15.4 Å². The van der Waals surface area contributed by atoms with Gasteiger partial charge in [0.15, 0.2) is 0 Å². The van der Waals surface area contributed by atoms with E-state index < -0.39 is 0 Å². The van der Waals surface area contributed by atoms with Gasteiger partial charge in [-0.05, 0) is 55.3 Å². The van der Waals surface area contributed by atoms with Crippen molar-refractivity contribution in [2.24, 2.45) is 0 Å². The Morgan fingerprint density at radius 3 is 2.62 bits per heavy atom. The van der Waals surface area contributed by atoms with Gasteiger partial charge in [0.25, 0.3) is 0 Å². The van der Waals surface area contributed by atoms with E-state index in [0.29, 0.717) is 5.65 Å². The van der Waals surface area contributed by atoms with Crippen molar-refractivity contribution in [2.45, 2.75) is 13.3 Å². The van der Waals surface area contributed by atoms with E-state index in [-0.39, 0.29) is 0 Å². The molecular weight excluding hydrogens is 366 g/mol. The van der Waals surface area contributed by atoms with Crippen LogP contribution in [-0.4, -0.2) is 45.0 Å². The number of rotatable bonds is 8. The molecule has 0 spiro atoms. The number of nitrogens with one attached hydrogen (secondary N) is 2. The summed E-state index contributed by atoms with van der Waals surface area (Å²) in [4.78, 5) is 4.36. The van der Waals surface area contributed by atoms with Crippen LogP contribution in [-0.2, 0) is 0 Å². The van der Waals surface area contributed by atoms with Crippen LogP contribution in [0.2, 0.25) is 0 Å². The molecule has 0 bridgehead atoms. The highest BCUT2D eigenvalue weighted by atomic mass is 16.5.